The van der Waals surface area contributed by atoms with E-state index < -0.39 is 5.82 Å². The van der Waals surface area contributed by atoms with E-state index in [1.54, 1.807) is 6.07 Å². The second kappa shape index (κ2) is 4.41. The highest BCUT2D eigenvalue weighted by Crippen LogP contribution is 2.26. The summed E-state index contributed by atoms with van der Waals surface area (Å²) in [6.45, 7) is 1.98. The van der Waals surface area contributed by atoms with E-state index in [2.05, 4.69) is 5.32 Å². The maximum absolute atomic E-state index is 13.4. The Bertz CT molecular complexity index is 389. The molecule has 3 heteroatoms. The van der Waals surface area contributed by atoms with Gasteiger partial charge in [-0.15, -0.1) is 0 Å². The molecule has 2 rings (SSSR count). The zero-order valence-corrected chi connectivity index (χ0v) is 8.46. The van der Waals surface area contributed by atoms with E-state index in [-0.39, 0.29) is 5.56 Å². The van der Waals surface area contributed by atoms with Crippen LogP contribution in [0.5, 0.6) is 0 Å². The summed E-state index contributed by atoms with van der Waals surface area (Å²) >= 11 is 0. The van der Waals surface area contributed by atoms with Crippen LogP contribution in [0.3, 0.4) is 0 Å². The monoisotopic (exact) mass is 204 g/mol. The molecule has 0 bridgehead atoms. The van der Waals surface area contributed by atoms with Gasteiger partial charge in [0, 0.05) is 0 Å². The highest BCUT2D eigenvalue weighted by Gasteiger charge is 2.16. The molecule has 1 aliphatic heterocycles. The zero-order chi connectivity index (χ0) is 10.7. The lowest BCUT2D eigenvalue weighted by atomic mass is 9.90. The van der Waals surface area contributed by atoms with Crippen LogP contribution in [0.15, 0.2) is 18.2 Å². The molecule has 0 aromatic heterocycles. The highest BCUT2D eigenvalue weighted by molar-refractivity contribution is 5.34. The normalized spacial score (nSPS) is 17.3. The van der Waals surface area contributed by atoms with E-state index in [0.717, 1.165) is 31.5 Å². The van der Waals surface area contributed by atoms with Crippen LogP contribution >= 0.6 is 0 Å². The average molecular weight is 204 g/mol. The summed E-state index contributed by atoms with van der Waals surface area (Å²) in [5.41, 5.74) is 1.15. The number of rotatable bonds is 1. The van der Waals surface area contributed by atoms with Gasteiger partial charge in [-0.05, 0) is 49.5 Å². The van der Waals surface area contributed by atoms with Crippen molar-refractivity contribution in [3.8, 4) is 6.07 Å². The van der Waals surface area contributed by atoms with Gasteiger partial charge in [0.25, 0.3) is 0 Å². The van der Waals surface area contributed by atoms with Crippen molar-refractivity contribution in [2.45, 2.75) is 18.8 Å². The van der Waals surface area contributed by atoms with E-state index in [1.165, 1.54) is 6.07 Å². The van der Waals surface area contributed by atoms with Crippen LogP contribution in [0, 0.1) is 17.1 Å². The Morgan fingerprint density at radius 1 is 1.33 bits per heavy atom. The zero-order valence-electron chi connectivity index (χ0n) is 8.46. The number of hydrogen-bond donors (Lipinski definition) is 1. The van der Waals surface area contributed by atoms with Crippen molar-refractivity contribution in [3.05, 3.63) is 35.1 Å². The highest BCUT2D eigenvalue weighted by atomic mass is 19.1. The van der Waals surface area contributed by atoms with E-state index in [0.29, 0.717) is 5.92 Å². The first-order valence-corrected chi connectivity index (χ1v) is 5.21. The lowest BCUT2D eigenvalue weighted by Crippen LogP contribution is -2.26. The third-order valence-electron chi connectivity index (χ3n) is 2.92. The molecule has 78 valence electrons. The van der Waals surface area contributed by atoms with Gasteiger partial charge in [0.1, 0.15) is 11.9 Å². The molecule has 1 N–H and O–H groups in total. The fourth-order valence-electron chi connectivity index (χ4n) is 2.03. The number of halogens is 1. The molecule has 0 radical (unpaired) electrons. The van der Waals surface area contributed by atoms with Gasteiger partial charge < -0.3 is 5.32 Å². The molecule has 0 aliphatic carbocycles. The van der Waals surface area contributed by atoms with E-state index in [1.807, 2.05) is 12.1 Å². The maximum atomic E-state index is 13.4. The van der Waals surface area contributed by atoms with Gasteiger partial charge >= 0.3 is 0 Å². The molecule has 1 aromatic rings. The molecule has 1 saturated heterocycles. The number of benzene rings is 1. The molecular weight excluding hydrogens is 191 g/mol. The molecule has 15 heavy (non-hydrogen) atoms. The fraction of sp³-hybridized carbons (Fsp3) is 0.417. The molecule has 0 unspecified atom stereocenters. The van der Waals surface area contributed by atoms with E-state index in [4.69, 9.17) is 5.26 Å². The summed E-state index contributed by atoms with van der Waals surface area (Å²) in [7, 11) is 0. The smallest absolute Gasteiger partial charge is 0.141 e. The molecule has 1 fully saturated rings. The fourth-order valence-corrected chi connectivity index (χ4v) is 2.03. The quantitative estimate of drug-likeness (QED) is 0.761. The summed E-state index contributed by atoms with van der Waals surface area (Å²) < 4.78 is 13.4. The molecule has 1 aliphatic rings. The molecule has 1 heterocycles. The van der Waals surface area contributed by atoms with Crippen molar-refractivity contribution in [2.24, 2.45) is 0 Å². The Hall–Kier alpha value is -1.40. The average Bonchev–Trinajstić information content (AvgIpc) is 2.30. The van der Waals surface area contributed by atoms with Crippen LogP contribution in [0.2, 0.25) is 0 Å². The van der Waals surface area contributed by atoms with Crippen molar-refractivity contribution in [1.82, 2.24) is 5.32 Å². The van der Waals surface area contributed by atoms with Gasteiger partial charge in [-0.25, -0.2) is 4.39 Å². The first-order valence-electron chi connectivity index (χ1n) is 5.21. The summed E-state index contributed by atoms with van der Waals surface area (Å²) in [4.78, 5) is 0. The number of nitrogens with one attached hydrogen (secondary N) is 1. The van der Waals surface area contributed by atoms with Gasteiger partial charge in [-0.1, -0.05) is 6.07 Å². The Balaban J connectivity index is 2.22. The molecule has 0 amide bonds. The summed E-state index contributed by atoms with van der Waals surface area (Å²) in [5, 5.41) is 11.9. The SMILES string of the molecule is N#Cc1ccc(C2CCNCC2)cc1F. The van der Waals surface area contributed by atoms with Crippen molar-refractivity contribution >= 4 is 0 Å². The predicted molar refractivity (Wildman–Crippen MR) is 56.0 cm³/mol. The van der Waals surface area contributed by atoms with Crippen molar-refractivity contribution in [2.75, 3.05) is 13.1 Å². The van der Waals surface area contributed by atoms with Crippen LogP contribution in [-0.4, -0.2) is 13.1 Å². The van der Waals surface area contributed by atoms with Crippen molar-refractivity contribution in [3.63, 3.8) is 0 Å². The summed E-state index contributed by atoms with van der Waals surface area (Å²) in [5.74, 6) is 0.0435. The molecule has 0 atom stereocenters. The van der Waals surface area contributed by atoms with Gasteiger partial charge in [-0.3, -0.25) is 0 Å². The first-order chi connectivity index (χ1) is 7.31. The maximum Gasteiger partial charge on any atom is 0.141 e. The number of piperidine rings is 1. The Kier molecular flexibility index (Phi) is 2.98. The standard InChI is InChI=1S/C12H13FN2/c13-12-7-10(1-2-11(12)8-14)9-3-5-15-6-4-9/h1-2,7,9,15H,3-6H2. The van der Waals surface area contributed by atoms with Crippen LogP contribution in [-0.2, 0) is 0 Å². The lowest BCUT2D eigenvalue weighted by Gasteiger charge is -2.22. The molecule has 2 nitrogen and oxygen atoms in total. The minimum Gasteiger partial charge on any atom is -0.317 e. The Labute approximate surface area is 88.7 Å². The number of nitriles is 1. The lowest BCUT2D eigenvalue weighted by molar-refractivity contribution is 0.458. The third-order valence-corrected chi connectivity index (χ3v) is 2.92. The third kappa shape index (κ3) is 2.16. The van der Waals surface area contributed by atoms with Crippen LogP contribution in [0.1, 0.15) is 29.9 Å². The van der Waals surface area contributed by atoms with Crippen LogP contribution in [0.4, 0.5) is 4.39 Å². The summed E-state index contributed by atoms with van der Waals surface area (Å²) in [6, 6.07) is 6.80. The largest absolute Gasteiger partial charge is 0.317 e. The van der Waals surface area contributed by atoms with Crippen LogP contribution in [0.25, 0.3) is 0 Å². The topological polar surface area (TPSA) is 35.8 Å². The van der Waals surface area contributed by atoms with Gasteiger partial charge in [-0.2, -0.15) is 5.26 Å². The Morgan fingerprint density at radius 3 is 2.67 bits per heavy atom. The first kappa shape index (κ1) is 10.1. The summed E-state index contributed by atoms with van der Waals surface area (Å²) in [6.07, 6.45) is 2.09. The molecule has 0 saturated carbocycles. The molecule has 1 aromatic carbocycles. The second-order valence-corrected chi connectivity index (χ2v) is 3.88. The number of nitrogens with zero attached hydrogens (tertiary/aromatic N) is 1. The predicted octanol–water partition coefficient (Wildman–Crippen LogP) is 2.16. The van der Waals surface area contributed by atoms with Gasteiger partial charge in [0.2, 0.25) is 0 Å². The molecular formula is C12H13FN2. The van der Waals surface area contributed by atoms with E-state index >= 15 is 0 Å². The Morgan fingerprint density at radius 2 is 2.07 bits per heavy atom. The molecule has 0 spiro atoms. The minimum absolute atomic E-state index is 0.132. The van der Waals surface area contributed by atoms with Crippen molar-refractivity contribution in [1.29, 1.82) is 5.26 Å². The van der Waals surface area contributed by atoms with Gasteiger partial charge in [0.05, 0.1) is 5.56 Å². The minimum atomic E-state index is -0.395. The van der Waals surface area contributed by atoms with Crippen LogP contribution < -0.4 is 5.32 Å². The van der Waals surface area contributed by atoms with E-state index in [9.17, 15) is 4.39 Å². The van der Waals surface area contributed by atoms with Gasteiger partial charge in [0.15, 0.2) is 0 Å². The van der Waals surface area contributed by atoms with Crippen molar-refractivity contribution < 1.29 is 4.39 Å². The number of hydrogen-bond acceptors (Lipinski definition) is 2. The second-order valence-electron chi connectivity index (χ2n) is 3.88.